The number of methoxy groups -OCH3 is 2. The zero-order valence-electron chi connectivity index (χ0n) is 20.0. The number of aliphatic imine (C=N–C) groups is 1. The van der Waals surface area contributed by atoms with Gasteiger partial charge in [-0.3, -0.25) is 19.4 Å². The first kappa shape index (κ1) is 30.2. The fourth-order valence-corrected chi connectivity index (χ4v) is 3.15. The van der Waals surface area contributed by atoms with Crippen LogP contribution in [0.15, 0.2) is 17.1 Å². The van der Waals surface area contributed by atoms with Gasteiger partial charge >= 0.3 is 11.9 Å². The van der Waals surface area contributed by atoms with E-state index in [2.05, 4.69) is 31.7 Å². The van der Waals surface area contributed by atoms with Crippen LogP contribution >= 0.6 is 11.8 Å². The fourth-order valence-electron chi connectivity index (χ4n) is 2.21. The molecular formula is C21H34N3O8S-. The number of nitrogens with one attached hydrogen (secondary N) is 2. The summed E-state index contributed by atoms with van der Waals surface area (Å²) in [5, 5.41) is 16.9. The van der Waals surface area contributed by atoms with Gasteiger partial charge in [0.2, 0.25) is 11.8 Å². The van der Waals surface area contributed by atoms with Crippen LogP contribution in [0.2, 0.25) is 0 Å². The van der Waals surface area contributed by atoms with Crippen LogP contribution in [0.25, 0.3) is 0 Å². The molecule has 0 saturated carbocycles. The molecule has 12 heteroatoms. The second-order valence-corrected chi connectivity index (χ2v) is 9.10. The van der Waals surface area contributed by atoms with Crippen LogP contribution in [0.1, 0.15) is 40.5 Å². The molecule has 0 rings (SSSR count). The quantitative estimate of drug-likeness (QED) is 0.157. The monoisotopic (exact) mass is 488 g/mol. The molecule has 2 atom stereocenters. The summed E-state index contributed by atoms with van der Waals surface area (Å²) in [6, 6.07) is -2.18. The normalized spacial score (nSPS) is 13.3. The molecule has 0 aliphatic heterocycles. The predicted octanol–water partition coefficient (Wildman–Crippen LogP) is -0.0771. The van der Waals surface area contributed by atoms with Gasteiger partial charge in [-0.15, -0.1) is 0 Å². The van der Waals surface area contributed by atoms with Crippen molar-refractivity contribution in [2.75, 3.05) is 32.3 Å². The van der Waals surface area contributed by atoms with Gasteiger partial charge in [0.15, 0.2) is 0 Å². The lowest BCUT2D eigenvalue weighted by molar-refractivity contribution is -0.261. The van der Waals surface area contributed by atoms with Crippen LogP contribution in [-0.4, -0.2) is 79.8 Å². The number of amides is 2. The molecule has 0 bridgehead atoms. The largest absolute Gasteiger partial charge is 0.595 e. The van der Waals surface area contributed by atoms with Crippen molar-refractivity contribution in [2.45, 2.75) is 58.2 Å². The molecule has 0 heterocycles. The molecule has 0 aliphatic rings. The van der Waals surface area contributed by atoms with Crippen molar-refractivity contribution in [3.05, 3.63) is 12.2 Å². The number of ether oxygens (including phenoxy) is 3. The van der Waals surface area contributed by atoms with Crippen LogP contribution in [-0.2, 0) is 33.4 Å². The number of thioether (sulfide) groups is 1. The lowest BCUT2D eigenvalue weighted by Gasteiger charge is -2.30. The Bertz CT molecular complexity index is 734. The molecule has 33 heavy (non-hydrogen) atoms. The van der Waals surface area contributed by atoms with Crippen molar-refractivity contribution in [3.8, 4) is 0 Å². The lowest BCUT2D eigenvalue weighted by Crippen LogP contribution is -2.49. The van der Waals surface area contributed by atoms with E-state index in [0.717, 1.165) is 12.7 Å². The van der Waals surface area contributed by atoms with Crippen molar-refractivity contribution < 1.29 is 38.5 Å². The number of esters is 2. The Kier molecular flexibility index (Phi) is 13.9. The average molecular weight is 489 g/mol. The highest BCUT2D eigenvalue weighted by atomic mass is 32.2. The van der Waals surface area contributed by atoms with Crippen molar-refractivity contribution in [1.29, 1.82) is 0 Å². The highest BCUT2D eigenvalue weighted by Gasteiger charge is 2.24. The third kappa shape index (κ3) is 14.8. The van der Waals surface area contributed by atoms with Crippen LogP contribution in [0.5, 0.6) is 0 Å². The molecule has 0 aromatic heterocycles. The van der Waals surface area contributed by atoms with Gasteiger partial charge < -0.3 is 30.0 Å². The first-order valence-corrected chi connectivity index (χ1v) is 11.3. The van der Waals surface area contributed by atoms with Gasteiger partial charge in [0.05, 0.1) is 14.2 Å². The van der Waals surface area contributed by atoms with E-state index in [0.29, 0.717) is 5.75 Å². The summed E-state index contributed by atoms with van der Waals surface area (Å²) in [6.45, 7) is 10.2. The summed E-state index contributed by atoms with van der Waals surface area (Å²) in [5.41, 5.74) is 0.0925. The number of hydrogen-bond donors (Lipinski definition) is 2. The van der Waals surface area contributed by atoms with E-state index in [-0.39, 0.29) is 25.1 Å². The highest BCUT2D eigenvalue weighted by Crippen LogP contribution is 2.11. The molecule has 2 amide bonds. The number of carbonyl (C=O) groups excluding carboxylic acids is 4. The van der Waals surface area contributed by atoms with Gasteiger partial charge in [-0.1, -0.05) is 32.9 Å². The third-order valence-corrected chi connectivity index (χ3v) is 4.96. The Morgan fingerprint density at radius 3 is 2.30 bits per heavy atom. The summed E-state index contributed by atoms with van der Waals surface area (Å²) in [6.07, 6.45) is -1.29. The number of hydrogen-bond acceptors (Lipinski definition) is 10. The minimum atomic E-state index is -1.24. The van der Waals surface area contributed by atoms with Gasteiger partial charge in [0, 0.05) is 23.5 Å². The molecule has 0 aromatic carbocycles. The first-order chi connectivity index (χ1) is 15.3. The predicted molar refractivity (Wildman–Crippen MR) is 122 cm³/mol. The molecule has 0 unspecified atom stereocenters. The molecule has 0 aliphatic carbocycles. The Hall–Kier alpha value is -2.76. The number of rotatable bonds is 13. The van der Waals surface area contributed by atoms with Crippen LogP contribution in [0.4, 0.5) is 0 Å². The summed E-state index contributed by atoms with van der Waals surface area (Å²) in [4.78, 5) is 51.8. The van der Waals surface area contributed by atoms with E-state index in [1.54, 1.807) is 20.8 Å². The maximum atomic E-state index is 12.5. The fraction of sp³-hybridized carbons (Fsp3) is 0.667. The molecule has 0 radical (unpaired) electrons. The van der Waals surface area contributed by atoms with Crippen molar-refractivity contribution in [1.82, 2.24) is 10.6 Å². The molecule has 0 saturated heterocycles. The van der Waals surface area contributed by atoms with E-state index < -0.39 is 47.5 Å². The second kappa shape index (κ2) is 15.1. The van der Waals surface area contributed by atoms with Gasteiger partial charge in [-0.05, 0) is 13.3 Å². The number of nitrogens with zero attached hydrogens (tertiary/aromatic N) is 1. The van der Waals surface area contributed by atoms with E-state index in [4.69, 9.17) is 4.74 Å². The van der Waals surface area contributed by atoms with Gasteiger partial charge in [0.1, 0.15) is 24.7 Å². The zero-order chi connectivity index (χ0) is 25.6. The van der Waals surface area contributed by atoms with E-state index in [1.807, 2.05) is 6.92 Å². The van der Waals surface area contributed by atoms with Gasteiger partial charge in [0.25, 0.3) is 0 Å². The standard InChI is InChI=1S/C21H35N3O8S/c1-13(2)11-33-12-15(18(27)22-10-17(26)30-6)23-16(25)9-8-14(19(28)31-7)24-20(29)32-21(3,4)5/h14-15H,1,8-12H2,2-7H3,(H,22,27)(H,23,25)(H,24,29)/p-1/t14-,15-/m0/s1. The Morgan fingerprint density at radius 2 is 1.79 bits per heavy atom. The highest BCUT2D eigenvalue weighted by molar-refractivity contribution is 7.99. The van der Waals surface area contributed by atoms with Crippen LogP contribution < -0.4 is 15.7 Å². The zero-order valence-corrected chi connectivity index (χ0v) is 20.8. The Morgan fingerprint density at radius 1 is 1.15 bits per heavy atom. The first-order valence-electron chi connectivity index (χ1n) is 10.2. The summed E-state index contributed by atoms with van der Waals surface area (Å²) < 4.78 is 14.2. The van der Waals surface area contributed by atoms with Gasteiger partial charge in [-0.2, -0.15) is 11.8 Å². The smallest absolute Gasteiger partial charge is 0.330 e. The summed E-state index contributed by atoms with van der Waals surface area (Å²) >= 11 is 1.38. The molecule has 0 spiro atoms. The SMILES string of the molecule is C=C(C)CSC[C@H](NC(=O)CC[C@H](N=C([O-])OC(C)(C)C)C(=O)OC)C(=O)NCC(=O)OC. The molecule has 188 valence electrons. The minimum absolute atomic E-state index is 0.132. The Balaban J connectivity index is 5.13. The minimum Gasteiger partial charge on any atom is -0.595 e. The molecule has 0 fully saturated rings. The maximum Gasteiger partial charge on any atom is 0.330 e. The van der Waals surface area contributed by atoms with Crippen LogP contribution in [0, 0.1) is 0 Å². The van der Waals surface area contributed by atoms with Crippen LogP contribution in [0.3, 0.4) is 0 Å². The van der Waals surface area contributed by atoms with E-state index in [1.165, 1.54) is 18.9 Å². The van der Waals surface area contributed by atoms with Gasteiger partial charge in [-0.25, -0.2) is 4.79 Å². The average Bonchev–Trinajstić information content (AvgIpc) is 2.71. The van der Waals surface area contributed by atoms with Crippen molar-refractivity contribution in [2.24, 2.45) is 4.99 Å². The summed E-state index contributed by atoms with van der Waals surface area (Å²) in [5.74, 6) is -1.72. The molecular weight excluding hydrogens is 454 g/mol. The third-order valence-electron chi connectivity index (χ3n) is 3.69. The topological polar surface area (TPSA) is 155 Å². The van der Waals surface area contributed by atoms with E-state index >= 15 is 0 Å². The molecule has 2 N–H and O–H groups in total. The van der Waals surface area contributed by atoms with E-state index in [9.17, 15) is 24.3 Å². The van der Waals surface area contributed by atoms with Crippen molar-refractivity contribution >= 4 is 41.6 Å². The number of carbonyl (C=O) groups is 4. The maximum absolute atomic E-state index is 12.5. The molecule has 0 aromatic rings. The lowest BCUT2D eigenvalue weighted by atomic mass is 10.1. The summed E-state index contributed by atoms with van der Waals surface area (Å²) in [7, 11) is 2.33. The second-order valence-electron chi connectivity index (χ2n) is 8.07. The van der Waals surface area contributed by atoms with Crippen molar-refractivity contribution in [3.63, 3.8) is 0 Å². The Labute approximate surface area is 198 Å². The molecule has 11 nitrogen and oxygen atoms in total.